The molecule has 1 fully saturated rings. The second kappa shape index (κ2) is 14.6. The molecule has 1 aliphatic heterocycles. The molecule has 0 aromatic heterocycles. The Labute approximate surface area is 221 Å². The van der Waals surface area contributed by atoms with Crippen LogP contribution < -0.4 is 10.1 Å². The van der Waals surface area contributed by atoms with Crippen LogP contribution in [0.1, 0.15) is 27.7 Å². The van der Waals surface area contributed by atoms with Crippen LogP contribution in [0.3, 0.4) is 0 Å². The average molecular weight is 556 g/mol. The minimum absolute atomic E-state index is 0.0543. The highest BCUT2D eigenvalue weighted by molar-refractivity contribution is 5.70. The molecule has 0 aliphatic carbocycles. The normalized spacial score (nSPS) is 22.1. The fourth-order valence-corrected chi connectivity index (χ4v) is 3.43. The van der Waals surface area contributed by atoms with Gasteiger partial charge in [-0.25, -0.2) is 4.79 Å². The molecule has 16 heteroatoms. The molecule has 2 rings (SSSR count). The Kier molecular flexibility index (Phi) is 11.6. The zero-order valence-electron chi connectivity index (χ0n) is 21.5. The van der Waals surface area contributed by atoms with Crippen LogP contribution in [0, 0.1) is 10.1 Å². The first-order chi connectivity index (χ1) is 18.4. The number of non-ortho nitro benzene ring substituents is 1. The van der Waals surface area contributed by atoms with Crippen molar-refractivity contribution in [3.63, 3.8) is 0 Å². The Morgan fingerprint density at radius 2 is 1.44 bits per heavy atom. The van der Waals surface area contributed by atoms with Gasteiger partial charge in [0.1, 0.15) is 18.5 Å². The zero-order chi connectivity index (χ0) is 29.1. The standard InChI is InChI=1S/C23H28N2O14/c1-12(26)34-11-18-19(35-13(2)27)20(36-14(3)28)21(37-15(4)29)22(39-18)33-10-9-24-23(30)38-17-7-5-16(6-8-17)25(31)32/h5-8,18-22H,9-11H2,1-4H3,(H,24,30)/t18-,19-,20+,21-,22+/m1/s1. The number of nitro benzene ring substituents is 1. The molecule has 1 heterocycles. The summed E-state index contributed by atoms with van der Waals surface area (Å²) in [7, 11) is 0. The Hall–Kier alpha value is -4.31. The summed E-state index contributed by atoms with van der Waals surface area (Å²) in [4.78, 5) is 68.9. The first kappa shape index (κ1) is 30.9. The summed E-state index contributed by atoms with van der Waals surface area (Å²) < 4.78 is 37.2. The van der Waals surface area contributed by atoms with Gasteiger partial charge in [-0.15, -0.1) is 0 Å². The predicted molar refractivity (Wildman–Crippen MR) is 125 cm³/mol. The van der Waals surface area contributed by atoms with Crippen molar-refractivity contribution in [2.75, 3.05) is 19.8 Å². The summed E-state index contributed by atoms with van der Waals surface area (Å²) in [6.07, 6.45) is -7.61. The van der Waals surface area contributed by atoms with E-state index in [1.807, 2.05) is 0 Å². The maximum atomic E-state index is 12.0. The number of carbonyl (C=O) groups excluding carboxylic acids is 5. The highest BCUT2D eigenvalue weighted by atomic mass is 16.7. The Bertz CT molecular complexity index is 1060. The summed E-state index contributed by atoms with van der Waals surface area (Å²) in [6, 6.07) is 4.81. The van der Waals surface area contributed by atoms with Crippen LogP contribution in [0.5, 0.6) is 5.75 Å². The number of nitro groups is 1. The molecule has 214 valence electrons. The monoisotopic (exact) mass is 556 g/mol. The molecule has 0 spiro atoms. The van der Waals surface area contributed by atoms with E-state index in [1.54, 1.807) is 0 Å². The molecule has 1 aliphatic rings. The van der Waals surface area contributed by atoms with Crippen LogP contribution in [0.25, 0.3) is 0 Å². The van der Waals surface area contributed by atoms with Crippen molar-refractivity contribution in [3.8, 4) is 5.75 Å². The van der Waals surface area contributed by atoms with E-state index in [1.165, 1.54) is 12.1 Å². The van der Waals surface area contributed by atoms with Crippen LogP contribution in [0.15, 0.2) is 24.3 Å². The van der Waals surface area contributed by atoms with Gasteiger partial charge in [0.2, 0.25) is 0 Å². The maximum Gasteiger partial charge on any atom is 0.412 e. The molecule has 1 saturated heterocycles. The largest absolute Gasteiger partial charge is 0.463 e. The molecular weight excluding hydrogens is 528 g/mol. The molecule has 1 amide bonds. The van der Waals surface area contributed by atoms with Crippen molar-refractivity contribution >= 4 is 35.7 Å². The lowest BCUT2D eigenvalue weighted by molar-refractivity contribution is -0.384. The van der Waals surface area contributed by atoms with Gasteiger partial charge in [-0.1, -0.05) is 0 Å². The Morgan fingerprint density at radius 1 is 0.872 bits per heavy atom. The second-order valence-corrected chi connectivity index (χ2v) is 8.01. The summed E-state index contributed by atoms with van der Waals surface area (Å²) in [5.74, 6) is -2.97. The number of esters is 4. The number of nitrogens with zero attached hydrogens (tertiary/aromatic N) is 1. The van der Waals surface area contributed by atoms with Crippen LogP contribution in [-0.4, -0.2) is 85.4 Å². The first-order valence-corrected chi connectivity index (χ1v) is 11.5. The number of amides is 1. The molecular formula is C23H28N2O14. The predicted octanol–water partition coefficient (Wildman–Crippen LogP) is 0.783. The van der Waals surface area contributed by atoms with Crippen LogP contribution in [-0.2, 0) is 47.6 Å². The van der Waals surface area contributed by atoms with E-state index < -0.39 is 72.2 Å². The van der Waals surface area contributed by atoms with Crippen LogP contribution >= 0.6 is 0 Å². The molecule has 5 atom stereocenters. The molecule has 0 unspecified atom stereocenters. The highest BCUT2D eigenvalue weighted by Gasteiger charge is 2.52. The second-order valence-electron chi connectivity index (χ2n) is 8.01. The Morgan fingerprint density at radius 3 is 1.97 bits per heavy atom. The summed E-state index contributed by atoms with van der Waals surface area (Å²) >= 11 is 0. The van der Waals surface area contributed by atoms with Crippen LogP contribution in [0.2, 0.25) is 0 Å². The molecule has 1 aromatic rings. The molecule has 0 saturated carbocycles. The third-order valence-corrected chi connectivity index (χ3v) is 4.86. The maximum absolute atomic E-state index is 12.0. The van der Waals surface area contributed by atoms with E-state index in [2.05, 4.69) is 5.32 Å². The van der Waals surface area contributed by atoms with Gasteiger partial charge in [0.05, 0.1) is 11.5 Å². The number of rotatable bonds is 11. The molecule has 1 N–H and O–H groups in total. The summed E-state index contributed by atoms with van der Waals surface area (Å²) in [5, 5.41) is 13.1. The summed E-state index contributed by atoms with van der Waals surface area (Å²) in [5.41, 5.74) is -0.180. The van der Waals surface area contributed by atoms with Crippen molar-refractivity contribution < 1.29 is 62.1 Å². The third-order valence-electron chi connectivity index (χ3n) is 4.86. The molecule has 1 aromatic carbocycles. The highest BCUT2D eigenvalue weighted by Crippen LogP contribution is 2.30. The summed E-state index contributed by atoms with van der Waals surface area (Å²) in [6.45, 7) is 3.62. The fourth-order valence-electron chi connectivity index (χ4n) is 3.43. The van der Waals surface area contributed by atoms with E-state index in [-0.39, 0.29) is 24.6 Å². The van der Waals surface area contributed by atoms with Crippen molar-refractivity contribution in [2.45, 2.75) is 58.4 Å². The van der Waals surface area contributed by atoms with Gasteiger partial charge in [-0.05, 0) is 12.1 Å². The van der Waals surface area contributed by atoms with Gasteiger partial charge in [0.15, 0.2) is 24.6 Å². The third kappa shape index (κ3) is 10.2. The molecule has 0 radical (unpaired) electrons. The zero-order valence-corrected chi connectivity index (χ0v) is 21.5. The number of hydrogen-bond donors (Lipinski definition) is 1. The number of carbonyl (C=O) groups is 5. The lowest BCUT2D eigenvalue weighted by atomic mass is 9.98. The van der Waals surface area contributed by atoms with Crippen molar-refractivity contribution in [1.82, 2.24) is 5.32 Å². The topological polar surface area (TPSA) is 205 Å². The minimum Gasteiger partial charge on any atom is -0.463 e. The Balaban J connectivity index is 2.10. The van der Waals surface area contributed by atoms with Gasteiger partial charge < -0.3 is 38.5 Å². The lowest BCUT2D eigenvalue weighted by Gasteiger charge is -2.44. The molecule has 39 heavy (non-hydrogen) atoms. The first-order valence-electron chi connectivity index (χ1n) is 11.5. The van der Waals surface area contributed by atoms with E-state index in [0.717, 1.165) is 39.8 Å². The average Bonchev–Trinajstić information content (AvgIpc) is 2.83. The number of nitrogens with one attached hydrogen (secondary N) is 1. The van der Waals surface area contributed by atoms with E-state index in [9.17, 15) is 34.1 Å². The number of ether oxygens (including phenoxy) is 7. The van der Waals surface area contributed by atoms with Crippen molar-refractivity contribution in [1.29, 1.82) is 0 Å². The fraction of sp³-hybridized carbons (Fsp3) is 0.522. The van der Waals surface area contributed by atoms with E-state index in [0.29, 0.717) is 0 Å². The van der Waals surface area contributed by atoms with E-state index >= 15 is 0 Å². The van der Waals surface area contributed by atoms with Crippen molar-refractivity contribution in [3.05, 3.63) is 34.4 Å². The van der Waals surface area contributed by atoms with Crippen molar-refractivity contribution in [2.24, 2.45) is 0 Å². The van der Waals surface area contributed by atoms with Gasteiger partial charge in [-0.3, -0.25) is 29.3 Å². The lowest BCUT2D eigenvalue weighted by Crippen LogP contribution is -2.63. The van der Waals surface area contributed by atoms with E-state index in [4.69, 9.17) is 33.2 Å². The quantitative estimate of drug-likeness (QED) is 0.131. The van der Waals surface area contributed by atoms with Gasteiger partial charge >= 0.3 is 30.0 Å². The number of hydrogen-bond acceptors (Lipinski definition) is 14. The molecule has 0 bridgehead atoms. The van der Waals surface area contributed by atoms with Gasteiger partial charge in [0, 0.05) is 46.4 Å². The minimum atomic E-state index is -1.41. The van der Waals surface area contributed by atoms with Crippen LogP contribution in [0.4, 0.5) is 10.5 Å². The SMILES string of the molecule is CC(=O)OC[C@H]1O[C@H](OCCNC(=O)Oc2ccc([N+](=O)[O-])cc2)[C@H](OC(C)=O)[C@@H](OC(C)=O)[C@@H]1OC(C)=O. The molecule has 16 nitrogen and oxygen atoms in total. The van der Waals surface area contributed by atoms with Gasteiger partial charge in [-0.2, -0.15) is 0 Å². The van der Waals surface area contributed by atoms with Gasteiger partial charge in [0.25, 0.3) is 5.69 Å². The number of benzene rings is 1. The smallest absolute Gasteiger partial charge is 0.412 e.